The van der Waals surface area contributed by atoms with Crippen molar-refractivity contribution < 1.29 is 9.72 Å². The monoisotopic (exact) mass is 323 g/mol. The molecule has 2 N–H and O–H groups in total. The number of carbonyl (C=O) groups excluding carboxylic acids is 1. The second kappa shape index (κ2) is 6.16. The molecule has 0 fully saturated rings. The minimum Gasteiger partial charge on any atom is -0.358 e. The maximum absolute atomic E-state index is 12.3. The molecule has 0 aliphatic heterocycles. The van der Waals surface area contributed by atoms with Crippen LogP contribution in [0, 0.1) is 24.0 Å². The number of aromatic amines is 1. The highest BCUT2D eigenvalue weighted by Crippen LogP contribution is 2.24. The molecule has 0 aliphatic rings. The molecule has 3 rings (SSSR count). The van der Waals surface area contributed by atoms with Crippen molar-refractivity contribution >= 4 is 28.2 Å². The Balaban J connectivity index is 1.82. The summed E-state index contributed by atoms with van der Waals surface area (Å²) in [6.45, 7) is 3.60. The van der Waals surface area contributed by atoms with Crippen molar-refractivity contribution in [3.05, 3.63) is 69.4 Å². The zero-order chi connectivity index (χ0) is 17.3. The van der Waals surface area contributed by atoms with E-state index < -0.39 is 4.92 Å². The normalized spacial score (nSPS) is 10.8. The van der Waals surface area contributed by atoms with Gasteiger partial charge in [-0.3, -0.25) is 14.9 Å². The molecule has 0 bridgehead atoms. The van der Waals surface area contributed by atoms with Crippen LogP contribution in [0.3, 0.4) is 0 Å². The van der Waals surface area contributed by atoms with E-state index >= 15 is 0 Å². The maximum Gasteiger partial charge on any atom is 0.274 e. The lowest BCUT2D eigenvalue weighted by atomic mass is 10.1. The van der Waals surface area contributed by atoms with Crippen molar-refractivity contribution in [2.45, 2.75) is 20.3 Å². The molecule has 2 aromatic carbocycles. The number of hydrogen-bond donors (Lipinski definition) is 2. The molecule has 122 valence electrons. The van der Waals surface area contributed by atoms with Crippen LogP contribution in [0.1, 0.15) is 16.8 Å². The Hall–Kier alpha value is -3.15. The van der Waals surface area contributed by atoms with Gasteiger partial charge < -0.3 is 10.3 Å². The topological polar surface area (TPSA) is 88.0 Å². The number of nitro benzene ring substituents is 1. The Kier molecular flexibility index (Phi) is 4.04. The number of aryl methyl sites for hydroxylation is 2. The van der Waals surface area contributed by atoms with Crippen molar-refractivity contribution in [1.29, 1.82) is 0 Å². The molecule has 0 saturated carbocycles. The lowest BCUT2D eigenvalue weighted by molar-refractivity contribution is -0.385. The molecule has 0 unspecified atom stereocenters. The Bertz CT molecular complexity index is 944. The smallest absolute Gasteiger partial charge is 0.274 e. The number of nitrogens with zero attached hydrogens (tertiary/aromatic N) is 1. The third kappa shape index (κ3) is 2.99. The lowest BCUT2D eigenvalue weighted by Crippen LogP contribution is -2.15. The fourth-order valence-corrected chi connectivity index (χ4v) is 2.81. The zero-order valence-electron chi connectivity index (χ0n) is 13.4. The summed E-state index contributed by atoms with van der Waals surface area (Å²) in [6.07, 6.45) is 0.206. The van der Waals surface area contributed by atoms with Gasteiger partial charge in [0.2, 0.25) is 5.91 Å². The molecule has 0 spiro atoms. The largest absolute Gasteiger partial charge is 0.358 e. The molecule has 1 aromatic heterocycles. The molecule has 0 saturated heterocycles. The first kappa shape index (κ1) is 15.7. The van der Waals surface area contributed by atoms with Crippen LogP contribution >= 0.6 is 0 Å². The Labute approximate surface area is 138 Å². The van der Waals surface area contributed by atoms with Crippen LogP contribution in [0.25, 0.3) is 10.9 Å². The first-order chi connectivity index (χ1) is 11.5. The van der Waals surface area contributed by atoms with Gasteiger partial charge in [0.15, 0.2) is 0 Å². The van der Waals surface area contributed by atoms with Gasteiger partial charge in [0.05, 0.1) is 11.3 Å². The number of anilines is 1. The number of nitro groups is 1. The van der Waals surface area contributed by atoms with Crippen LogP contribution in [-0.4, -0.2) is 15.8 Å². The van der Waals surface area contributed by atoms with Crippen LogP contribution in [0.2, 0.25) is 0 Å². The summed E-state index contributed by atoms with van der Waals surface area (Å²) in [5, 5.41) is 14.7. The fourth-order valence-electron chi connectivity index (χ4n) is 2.81. The average Bonchev–Trinajstić information content (AvgIpc) is 2.85. The summed E-state index contributed by atoms with van der Waals surface area (Å²) in [5.74, 6) is -0.207. The van der Waals surface area contributed by atoms with Crippen LogP contribution in [-0.2, 0) is 11.2 Å². The number of rotatable bonds is 4. The number of aromatic nitrogens is 1. The van der Waals surface area contributed by atoms with E-state index in [0.717, 1.165) is 22.2 Å². The molecule has 1 heterocycles. The van der Waals surface area contributed by atoms with Crippen molar-refractivity contribution in [2.75, 3.05) is 5.32 Å². The zero-order valence-corrected chi connectivity index (χ0v) is 13.4. The van der Waals surface area contributed by atoms with Gasteiger partial charge in [0, 0.05) is 33.9 Å². The van der Waals surface area contributed by atoms with E-state index in [1.165, 1.54) is 6.07 Å². The van der Waals surface area contributed by atoms with Gasteiger partial charge in [0.25, 0.3) is 5.69 Å². The SMILES string of the molecule is Cc1ccc(NC(=O)Cc2c(C)[nH]c3ccccc23)cc1[N+](=O)[O-]. The number of para-hydroxylation sites is 1. The quantitative estimate of drug-likeness (QED) is 0.564. The standard InChI is InChI=1S/C18H17N3O3/c1-11-7-8-13(9-17(11)21(23)24)20-18(22)10-15-12(2)19-16-6-4-3-5-14(15)16/h3-9,19H,10H2,1-2H3,(H,20,22). The number of H-pyrrole nitrogens is 1. The molecule has 0 atom stereocenters. The van der Waals surface area contributed by atoms with Gasteiger partial charge in [-0.1, -0.05) is 24.3 Å². The first-order valence-corrected chi connectivity index (χ1v) is 7.57. The average molecular weight is 323 g/mol. The molecule has 0 radical (unpaired) electrons. The number of nitrogens with one attached hydrogen (secondary N) is 2. The van der Waals surface area contributed by atoms with Crippen LogP contribution in [0.5, 0.6) is 0 Å². The Morgan fingerprint density at radius 1 is 1.21 bits per heavy atom. The van der Waals surface area contributed by atoms with Crippen molar-refractivity contribution in [3.63, 3.8) is 0 Å². The second-order valence-electron chi connectivity index (χ2n) is 5.76. The van der Waals surface area contributed by atoms with Gasteiger partial charge in [0.1, 0.15) is 0 Å². The van der Waals surface area contributed by atoms with E-state index in [4.69, 9.17) is 0 Å². The number of benzene rings is 2. The minimum absolute atomic E-state index is 0.00363. The van der Waals surface area contributed by atoms with Crippen LogP contribution < -0.4 is 5.32 Å². The molecule has 6 heteroatoms. The van der Waals surface area contributed by atoms with E-state index in [2.05, 4.69) is 10.3 Å². The molecule has 3 aromatic rings. The van der Waals surface area contributed by atoms with E-state index in [1.807, 2.05) is 31.2 Å². The van der Waals surface area contributed by atoms with Gasteiger partial charge in [-0.05, 0) is 31.5 Å². The lowest BCUT2D eigenvalue weighted by Gasteiger charge is -2.07. The van der Waals surface area contributed by atoms with Crippen LogP contribution in [0.4, 0.5) is 11.4 Å². The summed E-state index contributed by atoms with van der Waals surface area (Å²) in [7, 11) is 0. The third-order valence-electron chi connectivity index (χ3n) is 4.05. The predicted octanol–water partition coefficient (Wildman–Crippen LogP) is 3.87. The van der Waals surface area contributed by atoms with Crippen molar-refractivity contribution in [3.8, 4) is 0 Å². The fraction of sp³-hybridized carbons (Fsp3) is 0.167. The molecule has 0 aliphatic carbocycles. The summed E-state index contributed by atoms with van der Waals surface area (Å²) in [6, 6.07) is 12.5. The summed E-state index contributed by atoms with van der Waals surface area (Å²) in [4.78, 5) is 26.2. The van der Waals surface area contributed by atoms with Gasteiger partial charge in [-0.15, -0.1) is 0 Å². The minimum atomic E-state index is -0.450. The molecule has 24 heavy (non-hydrogen) atoms. The van der Waals surface area contributed by atoms with Gasteiger partial charge >= 0.3 is 0 Å². The second-order valence-corrected chi connectivity index (χ2v) is 5.76. The van der Waals surface area contributed by atoms with Crippen molar-refractivity contribution in [1.82, 2.24) is 4.98 Å². The van der Waals surface area contributed by atoms with E-state index in [9.17, 15) is 14.9 Å². The molecule has 6 nitrogen and oxygen atoms in total. The number of amides is 1. The Morgan fingerprint density at radius 2 is 1.96 bits per heavy atom. The number of hydrogen-bond acceptors (Lipinski definition) is 3. The third-order valence-corrected chi connectivity index (χ3v) is 4.05. The summed E-state index contributed by atoms with van der Waals surface area (Å²) >= 11 is 0. The molecule has 1 amide bonds. The molecular weight excluding hydrogens is 306 g/mol. The highest BCUT2D eigenvalue weighted by molar-refractivity contribution is 5.96. The molecular formula is C18H17N3O3. The number of carbonyl (C=O) groups is 1. The summed E-state index contributed by atoms with van der Waals surface area (Å²) in [5.41, 5.74) is 3.85. The van der Waals surface area contributed by atoms with Gasteiger partial charge in [-0.25, -0.2) is 0 Å². The first-order valence-electron chi connectivity index (χ1n) is 7.57. The van der Waals surface area contributed by atoms with E-state index in [-0.39, 0.29) is 18.0 Å². The maximum atomic E-state index is 12.3. The van der Waals surface area contributed by atoms with E-state index in [1.54, 1.807) is 19.1 Å². The predicted molar refractivity (Wildman–Crippen MR) is 93.2 cm³/mol. The van der Waals surface area contributed by atoms with E-state index in [0.29, 0.717) is 11.3 Å². The van der Waals surface area contributed by atoms with Crippen molar-refractivity contribution in [2.24, 2.45) is 0 Å². The van der Waals surface area contributed by atoms with Crippen LogP contribution in [0.15, 0.2) is 42.5 Å². The highest BCUT2D eigenvalue weighted by Gasteiger charge is 2.15. The highest BCUT2D eigenvalue weighted by atomic mass is 16.6. The summed E-state index contributed by atoms with van der Waals surface area (Å²) < 4.78 is 0. The number of fused-ring (bicyclic) bond motifs is 1. The Morgan fingerprint density at radius 3 is 2.71 bits per heavy atom. The van der Waals surface area contributed by atoms with Gasteiger partial charge in [-0.2, -0.15) is 0 Å².